The first-order chi connectivity index (χ1) is 11.7. The van der Waals surface area contributed by atoms with Crippen molar-refractivity contribution >= 4 is 29.2 Å². The molecule has 0 aliphatic carbocycles. The number of anilines is 1. The molecule has 2 rings (SSSR count). The Hall–Kier alpha value is -2.03. The summed E-state index contributed by atoms with van der Waals surface area (Å²) in [6.45, 7) is 3.33. The summed E-state index contributed by atoms with van der Waals surface area (Å²) in [4.78, 5) is 30.1. The van der Waals surface area contributed by atoms with Crippen molar-refractivity contribution in [3.05, 3.63) is 22.8 Å². The van der Waals surface area contributed by atoms with Crippen LogP contribution in [0.1, 0.15) is 18.9 Å². The SMILES string of the molecule is CC(=O)NCCC(=O)N1CCN(c2ncc(C(F)(F)F)cc2Cl)CC1. The second kappa shape index (κ2) is 7.90. The number of hydrogen-bond donors (Lipinski definition) is 1. The molecule has 1 saturated heterocycles. The highest BCUT2D eigenvalue weighted by atomic mass is 35.5. The molecule has 10 heteroatoms. The molecule has 25 heavy (non-hydrogen) atoms. The first-order valence-corrected chi connectivity index (χ1v) is 8.06. The Morgan fingerprint density at radius 1 is 1.28 bits per heavy atom. The lowest BCUT2D eigenvalue weighted by atomic mass is 10.2. The van der Waals surface area contributed by atoms with E-state index in [4.69, 9.17) is 11.6 Å². The Kier molecular flexibility index (Phi) is 6.10. The van der Waals surface area contributed by atoms with Gasteiger partial charge in [-0.2, -0.15) is 13.2 Å². The smallest absolute Gasteiger partial charge is 0.356 e. The fourth-order valence-electron chi connectivity index (χ4n) is 2.49. The van der Waals surface area contributed by atoms with Crippen LogP contribution in [0.3, 0.4) is 0 Å². The summed E-state index contributed by atoms with van der Waals surface area (Å²) in [5, 5.41) is 2.49. The van der Waals surface area contributed by atoms with Crippen molar-refractivity contribution in [2.24, 2.45) is 0 Å². The number of piperazine rings is 1. The molecular formula is C15H18ClF3N4O2. The topological polar surface area (TPSA) is 65.5 Å². The van der Waals surface area contributed by atoms with Crippen molar-refractivity contribution in [1.82, 2.24) is 15.2 Å². The Labute approximate surface area is 147 Å². The maximum Gasteiger partial charge on any atom is 0.417 e. The van der Waals surface area contributed by atoms with Crippen LogP contribution in [-0.4, -0.2) is 54.4 Å². The molecule has 0 bridgehead atoms. The van der Waals surface area contributed by atoms with Gasteiger partial charge in [0.15, 0.2) is 0 Å². The summed E-state index contributed by atoms with van der Waals surface area (Å²) < 4.78 is 38.0. The summed E-state index contributed by atoms with van der Waals surface area (Å²) in [6.07, 6.45) is -3.53. The summed E-state index contributed by atoms with van der Waals surface area (Å²) in [7, 11) is 0. The van der Waals surface area contributed by atoms with Crippen LogP contribution in [0.2, 0.25) is 5.02 Å². The van der Waals surface area contributed by atoms with Gasteiger partial charge in [-0.25, -0.2) is 4.98 Å². The number of nitrogens with zero attached hydrogens (tertiary/aromatic N) is 3. The van der Waals surface area contributed by atoms with Crippen LogP contribution in [0.5, 0.6) is 0 Å². The van der Waals surface area contributed by atoms with Crippen molar-refractivity contribution in [3.63, 3.8) is 0 Å². The van der Waals surface area contributed by atoms with Gasteiger partial charge in [-0.05, 0) is 6.07 Å². The van der Waals surface area contributed by atoms with Crippen LogP contribution in [0.25, 0.3) is 0 Å². The van der Waals surface area contributed by atoms with E-state index in [1.54, 1.807) is 9.80 Å². The van der Waals surface area contributed by atoms with Gasteiger partial charge in [0.25, 0.3) is 0 Å². The van der Waals surface area contributed by atoms with Crippen molar-refractivity contribution in [3.8, 4) is 0 Å². The molecule has 0 radical (unpaired) electrons. The minimum Gasteiger partial charge on any atom is -0.356 e. The van der Waals surface area contributed by atoms with Crippen LogP contribution in [0.15, 0.2) is 12.3 Å². The predicted molar refractivity (Wildman–Crippen MR) is 86.3 cm³/mol. The van der Waals surface area contributed by atoms with Gasteiger partial charge in [0, 0.05) is 52.3 Å². The van der Waals surface area contributed by atoms with Crippen LogP contribution >= 0.6 is 11.6 Å². The van der Waals surface area contributed by atoms with E-state index in [1.165, 1.54) is 6.92 Å². The molecule has 0 atom stereocenters. The van der Waals surface area contributed by atoms with Gasteiger partial charge in [-0.1, -0.05) is 11.6 Å². The molecule has 1 aromatic rings. The van der Waals surface area contributed by atoms with E-state index in [0.717, 1.165) is 12.3 Å². The maximum absolute atomic E-state index is 12.7. The molecule has 1 aromatic heterocycles. The molecule has 1 fully saturated rings. The molecule has 1 aliphatic heterocycles. The number of carbonyl (C=O) groups is 2. The molecule has 1 N–H and O–H groups in total. The van der Waals surface area contributed by atoms with Crippen LogP contribution in [-0.2, 0) is 15.8 Å². The Morgan fingerprint density at radius 2 is 1.92 bits per heavy atom. The van der Waals surface area contributed by atoms with E-state index in [0.29, 0.717) is 26.2 Å². The number of rotatable bonds is 4. The van der Waals surface area contributed by atoms with E-state index in [-0.39, 0.29) is 35.6 Å². The first kappa shape index (κ1) is 19.3. The number of pyridine rings is 1. The number of hydrogen-bond acceptors (Lipinski definition) is 4. The zero-order chi connectivity index (χ0) is 18.6. The van der Waals surface area contributed by atoms with E-state index >= 15 is 0 Å². The Morgan fingerprint density at radius 3 is 2.44 bits per heavy atom. The Balaban J connectivity index is 1.92. The zero-order valence-corrected chi connectivity index (χ0v) is 14.3. The summed E-state index contributed by atoms with van der Waals surface area (Å²) in [6, 6.07) is 0.856. The van der Waals surface area contributed by atoms with E-state index in [2.05, 4.69) is 10.3 Å². The fourth-order valence-corrected chi connectivity index (χ4v) is 2.78. The van der Waals surface area contributed by atoms with Gasteiger partial charge >= 0.3 is 6.18 Å². The zero-order valence-electron chi connectivity index (χ0n) is 13.6. The molecule has 138 valence electrons. The average Bonchev–Trinajstić information content (AvgIpc) is 2.53. The lowest BCUT2D eigenvalue weighted by Gasteiger charge is -2.36. The second-order valence-corrected chi connectivity index (χ2v) is 6.04. The molecule has 2 heterocycles. The normalized spacial score (nSPS) is 15.2. The molecule has 1 aliphatic rings. The average molecular weight is 379 g/mol. The first-order valence-electron chi connectivity index (χ1n) is 7.68. The maximum atomic E-state index is 12.7. The van der Waals surface area contributed by atoms with Gasteiger partial charge in [0.05, 0.1) is 10.6 Å². The number of alkyl halides is 3. The third-order valence-electron chi connectivity index (χ3n) is 3.79. The van der Waals surface area contributed by atoms with Crippen LogP contribution in [0, 0.1) is 0 Å². The third-order valence-corrected chi connectivity index (χ3v) is 4.07. The molecule has 0 saturated carbocycles. The van der Waals surface area contributed by atoms with Crippen LogP contribution in [0.4, 0.5) is 19.0 Å². The number of amides is 2. The molecule has 0 unspecified atom stereocenters. The molecular weight excluding hydrogens is 361 g/mol. The molecule has 0 aromatic carbocycles. The highest BCUT2D eigenvalue weighted by Gasteiger charge is 2.32. The summed E-state index contributed by atoms with van der Waals surface area (Å²) in [5.74, 6) is 0.000488. The standard InChI is InChI=1S/C15H18ClF3N4O2/c1-10(24)20-3-2-13(25)22-4-6-23(7-5-22)14-12(16)8-11(9-21-14)15(17,18)19/h8-9H,2-7H2,1H3,(H,20,24). The number of nitrogens with one attached hydrogen (secondary N) is 1. The fraction of sp³-hybridized carbons (Fsp3) is 0.533. The number of carbonyl (C=O) groups excluding carboxylic acids is 2. The lowest BCUT2D eigenvalue weighted by molar-refractivity contribution is -0.138. The quantitative estimate of drug-likeness (QED) is 0.869. The van der Waals surface area contributed by atoms with E-state index < -0.39 is 11.7 Å². The minimum absolute atomic E-state index is 0.0692. The second-order valence-electron chi connectivity index (χ2n) is 5.63. The lowest BCUT2D eigenvalue weighted by Crippen LogP contribution is -2.49. The van der Waals surface area contributed by atoms with Gasteiger partial charge in [-0.3, -0.25) is 9.59 Å². The van der Waals surface area contributed by atoms with E-state index in [9.17, 15) is 22.8 Å². The Bertz CT molecular complexity index is 646. The molecule has 2 amide bonds. The van der Waals surface area contributed by atoms with Crippen molar-refractivity contribution in [2.75, 3.05) is 37.6 Å². The molecule has 6 nitrogen and oxygen atoms in total. The van der Waals surface area contributed by atoms with Crippen molar-refractivity contribution < 1.29 is 22.8 Å². The van der Waals surface area contributed by atoms with Gasteiger partial charge in [0.2, 0.25) is 11.8 Å². The number of halogens is 4. The summed E-state index contributed by atoms with van der Waals surface area (Å²) >= 11 is 5.94. The van der Waals surface area contributed by atoms with Gasteiger partial charge in [-0.15, -0.1) is 0 Å². The van der Waals surface area contributed by atoms with Crippen molar-refractivity contribution in [2.45, 2.75) is 19.5 Å². The van der Waals surface area contributed by atoms with Gasteiger partial charge < -0.3 is 15.1 Å². The molecule has 0 spiro atoms. The van der Waals surface area contributed by atoms with Gasteiger partial charge in [0.1, 0.15) is 5.82 Å². The largest absolute Gasteiger partial charge is 0.417 e. The minimum atomic E-state index is -4.49. The van der Waals surface area contributed by atoms with Crippen molar-refractivity contribution in [1.29, 1.82) is 0 Å². The highest BCUT2D eigenvalue weighted by Crippen LogP contribution is 2.33. The number of aromatic nitrogens is 1. The van der Waals surface area contributed by atoms with E-state index in [1.807, 2.05) is 0 Å². The summed E-state index contributed by atoms with van der Waals surface area (Å²) in [5.41, 5.74) is -0.895. The third kappa shape index (κ3) is 5.22. The van der Waals surface area contributed by atoms with Crippen LogP contribution < -0.4 is 10.2 Å². The highest BCUT2D eigenvalue weighted by molar-refractivity contribution is 6.33. The monoisotopic (exact) mass is 378 g/mol. The predicted octanol–water partition coefficient (Wildman–Crippen LogP) is 1.93.